The fourth-order valence-corrected chi connectivity index (χ4v) is 2.44. The lowest BCUT2D eigenvalue weighted by Gasteiger charge is -2.31. The van der Waals surface area contributed by atoms with Crippen molar-refractivity contribution < 1.29 is 4.74 Å². The van der Waals surface area contributed by atoms with Gasteiger partial charge in [-0.05, 0) is 39.3 Å². The lowest BCUT2D eigenvalue weighted by atomic mass is 10.1. The average molecular weight is 198 g/mol. The first-order chi connectivity index (χ1) is 6.84. The quantitative estimate of drug-likeness (QED) is 0.727. The molecule has 2 saturated heterocycles. The summed E-state index contributed by atoms with van der Waals surface area (Å²) in [5, 5.41) is 3.63. The van der Waals surface area contributed by atoms with Crippen LogP contribution in [-0.2, 0) is 4.74 Å². The van der Waals surface area contributed by atoms with Crippen molar-refractivity contribution in [1.82, 2.24) is 10.2 Å². The van der Waals surface area contributed by atoms with Crippen molar-refractivity contribution in [3.63, 3.8) is 0 Å². The van der Waals surface area contributed by atoms with Gasteiger partial charge >= 0.3 is 0 Å². The highest BCUT2D eigenvalue weighted by atomic mass is 16.5. The predicted molar refractivity (Wildman–Crippen MR) is 57.5 cm³/mol. The van der Waals surface area contributed by atoms with Crippen molar-refractivity contribution in [3.05, 3.63) is 0 Å². The van der Waals surface area contributed by atoms with Crippen molar-refractivity contribution >= 4 is 0 Å². The molecule has 82 valence electrons. The first-order valence-electron chi connectivity index (χ1n) is 5.88. The Kier molecular flexibility index (Phi) is 3.79. The molecular formula is C11H22N2O. The van der Waals surface area contributed by atoms with E-state index in [4.69, 9.17) is 4.74 Å². The van der Waals surface area contributed by atoms with Crippen LogP contribution < -0.4 is 5.32 Å². The molecule has 0 bridgehead atoms. The zero-order valence-electron chi connectivity index (χ0n) is 9.17. The van der Waals surface area contributed by atoms with E-state index in [9.17, 15) is 0 Å². The molecular weight excluding hydrogens is 176 g/mol. The van der Waals surface area contributed by atoms with Gasteiger partial charge in [0.1, 0.15) is 0 Å². The van der Waals surface area contributed by atoms with Gasteiger partial charge in [0.05, 0.1) is 6.10 Å². The highest BCUT2D eigenvalue weighted by Gasteiger charge is 2.20. The fraction of sp³-hybridized carbons (Fsp3) is 1.00. The summed E-state index contributed by atoms with van der Waals surface area (Å²) in [6.07, 6.45) is 5.64. The minimum absolute atomic E-state index is 0.488. The number of rotatable bonds is 3. The molecule has 2 fully saturated rings. The Morgan fingerprint density at radius 3 is 3.00 bits per heavy atom. The second-order valence-corrected chi connectivity index (χ2v) is 4.64. The monoisotopic (exact) mass is 198 g/mol. The van der Waals surface area contributed by atoms with E-state index in [-0.39, 0.29) is 0 Å². The second-order valence-electron chi connectivity index (χ2n) is 4.64. The van der Waals surface area contributed by atoms with E-state index >= 15 is 0 Å². The highest BCUT2D eigenvalue weighted by Crippen LogP contribution is 2.12. The van der Waals surface area contributed by atoms with Crippen molar-refractivity contribution in [1.29, 1.82) is 0 Å². The van der Waals surface area contributed by atoms with E-state index in [2.05, 4.69) is 17.3 Å². The summed E-state index contributed by atoms with van der Waals surface area (Å²) in [7, 11) is 2.21. The third-order valence-corrected chi connectivity index (χ3v) is 3.28. The normalized spacial score (nSPS) is 34.9. The van der Waals surface area contributed by atoms with Gasteiger partial charge in [0.15, 0.2) is 0 Å². The van der Waals surface area contributed by atoms with Crippen LogP contribution in [-0.4, -0.2) is 50.3 Å². The average Bonchev–Trinajstić information content (AvgIpc) is 2.67. The maximum absolute atomic E-state index is 5.59. The van der Waals surface area contributed by atoms with Crippen LogP contribution in [0.25, 0.3) is 0 Å². The SMILES string of the molecule is CN1CCCC(NCC2CCCO2)C1. The van der Waals surface area contributed by atoms with E-state index in [0.717, 1.165) is 13.2 Å². The van der Waals surface area contributed by atoms with Crippen LogP contribution in [0.3, 0.4) is 0 Å². The Hall–Kier alpha value is -0.120. The summed E-state index contributed by atoms with van der Waals surface area (Å²) in [5.41, 5.74) is 0. The molecule has 14 heavy (non-hydrogen) atoms. The van der Waals surface area contributed by atoms with Crippen molar-refractivity contribution in [2.24, 2.45) is 0 Å². The lowest BCUT2D eigenvalue weighted by molar-refractivity contribution is 0.103. The predicted octanol–water partition coefficient (Wildman–Crippen LogP) is 0.849. The van der Waals surface area contributed by atoms with E-state index in [1.165, 1.54) is 38.8 Å². The Morgan fingerprint density at radius 2 is 2.29 bits per heavy atom. The molecule has 2 unspecified atom stereocenters. The van der Waals surface area contributed by atoms with E-state index < -0.39 is 0 Å². The molecule has 0 saturated carbocycles. The standard InChI is InChI=1S/C11H22N2O/c1-13-6-2-4-10(9-13)12-8-11-5-3-7-14-11/h10-12H,2-9H2,1H3. The molecule has 2 rings (SSSR count). The van der Waals surface area contributed by atoms with Crippen LogP contribution in [0.15, 0.2) is 0 Å². The molecule has 0 aromatic rings. The summed E-state index contributed by atoms with van der Waals surface area (Å²) in [4.78, 5) is 2.41. The van der Waals surface area contributed by atoms with Crippen molar-refractivity contribution in [2.45, 2.75) is 37.8 Å². The highest BCUT2D eigenvalue weighted by molar-refractivity contribution is 4.78. The zero-order chi connectivity index (χ0) is 9.80. The van der Waals surface area contributed by atoms with Crippen molar-refractivity contribution in [3.8, 4) is 0 Å². The molecule has 2 aliphatic rings. The third kappa shape index (κ3) is 2.94. The molecule has 3 nitrogen and oxygen atoms in total. The molecule has 3 heteroatoms. The van der Waals surface area contributed by atoms with Crippen LogP contribution in [0.2, 0.25) is 0 Å². The van der Waals surface area contributed by atoms with Gasteiger partial charge in [-0.2, -0.15) is 0 Å². The van der Waals surface area contributed by atoms with Gasteiger partial charge in [0, 0.05) is 25.7 Å². The Bertz CT molecular complexity index is 169. The van der Waals surface area contributed by atoms with Crippen LogP contribution in [0.4, 0.5) is 0 Å². The lowest BCUT2D eigenvalue weighted by Crippen LogP contribution is -2.46. The Balaban J connectivity index is 1.64. The summed E-state index contributed by atoms with van der Waals surface area (Å²) in [6.45, 7) is 4.49. The topological polar surface area (TPSA) is 24.5 Å². The first kappa shape index (κ1) is 10.4. The van der Waals surface area contributed by atoms with E-state index in [1.54, 1.807) is 0 Å². The van der Waals surface area contributed by atoms with Crippen LogP contribution in [0.5, 0.6) is 0 Å². The number of likely N-dealkylation sites (N-methyl/N-ethyl adjacent to an activating group) is 1. The van der Waals surface area contributed by atoms with Crippen LogP contribution in [0, 0.1) is 0 Å². The molecule has 0 aromatic heterocycles. The van der Waals surface area contributed by atoms with Gasteiger partial charge in [-0.1, -0.05) is 0 Å². The van der Waals surface area contributed by atoms with Crippen LogP contribution >= 0.6 is 0 Å². The molecule has 0 amide bonds. The number of likely N-dealkylation sites (tertiary alicyclic amines) is 1. The third-order valence-electron chi connectivity index (χ3n) is 3.28. The smallest absolute Gasteiger partial charge is 0.0700 e. The Labute approximate surface area is 86.8 Å². The number of nitrogens with one attached hydrogen (secondary N) is 1. The van der Waals surface area contributed by atoms with E-state index in [0.29, 0.717) is 12.1 Å². The maximum atomic E-state index is 5.59. The van der Waals surface area contributed by atoms with Gasteiger partial charge in [0.2, 0.25) is 0 Å². The minimum Gasteiger partial charge on any atom is -0.377 e. The van der Waals surface area contributed by atoms with Crippen LogP contribution in [0.1, 0.15) is 25.7 Å². The number of ether oxygens (including phenoxy) is 1. The number of nitrogens with zero attached hydrogens (tertiary/aromatic N) is 1. The summed E-state index contributed by atoms with van der Waals surface area (Å²) < 4.78 is 5.59. The minimum atomic E-state index is 0.488. The maximum Gasteiger partial charge on any atom is 0.0700 e. The molecule has 0 aliphatic carbocycles. The number of hydrogen-bond acceptors (Lipinski definition) is 3. The van der Waals surface area contributed by atoms with Gasteiger partial charge in [-0.3, -0.25) is 0 Å². The molecule has 2 aliphatic heterocycles. The summed E-state index contributed by atoms with van der Waals surface area (Å²) in [6, 6.07) is 0.693. The van der Waals surface area contributed by atoms with E-state index in [1.807, 2.05) is 0 Å². The summed E-state index contributed by atoms with van der Waals surface area (Å²) in [5.74, 6) is 0. The van der Waals surface area contributed by atoms with Gasteiger partial charge < -0.3 is 15.0 Å². The number of hydrogen-bond donors (Lipinski definition) is 1. The van der Waals surface area contributed by atoms with Crippen molar-refractivity contribution in [2.75, 3.05) is 33.3 Å². The zero-order valence-corrected chi connectivity index (χ0v) is 9.17. The number of piperidine rings is 1. The van der Waals surface area contributed by atoms with Gasteiger partial charge in [-0.25, -0.2) is 0 Å². The molecule has 0 spiro atoms. The Morgan fingerprint density at radius 1 is 1.36 bits per heavy atom. The largest absolute Gasteiger partial charge is 0.377 e. The molecule has 1 N–H and O–H groups in total. The van der Waals surface area contributed by atoms with Gasteiger partial charge in [-0.15, -0.1) is 0 Å². The fourth-order valence-electron chi connectivity index (χ4n) is 2.44. The second kappa shape index (κ2) is 5.10. The summed E-state index contributed by atoms with van der Waals surface area (Å²) >= 11 is 0. The van der Waals surface area contributed by atoms with Gasteiger partial charge in [0.25, 0.3) is 0 Å². The molecule has 2 atom stereocenters. The molecule has 0 radical (unpaired) electrons. The molecule has 0 aromatic carbocycles. The first-order valence-corrected chi connectivity index (χ1v) is 5.88. The molecule has 2 heterocycles.